The van der Waals surface area contributed by atoms with Gasteiger partial charge in [0.25, 0.3) is 0 Å². The van der Waals surface area contributed by atoms with E-state index in [1.165, 1.54) is 23.1 Å². The van der Waals surface area contributed by atoms with E-state index in [1.807, 2.05) is 18.2 Å². The molecule has 0 unspecified atom stereocenters. The number of hydrogen-bond donors (Lipinski definition) is 3. The number of Topliss-reactive ketones (excluding diaryl/α,β-unsaturated/α-hetero) is 1. The molecule has 2 amide bonds. The number of urea groups is 1. The third-order valence-corrected chi connectivity index (χ3v) is 9.30. The topological polar surface area (TPSA) is 109 Å². The van der Waals surface area contributed by atoms with Crippen LogP contribution >= 0.6 is 34.9 Å². The van der Waals surface area contributed by atoms with Gasteiger partial charge < -0.3 is 15.0 Å². The van der Waals surface area contributed by atoms with Crippen molar-refractivity contribution in [3.05, 3.63) is 72.2 Å². The van der Waals surface area contributed by atoms with Gasteiger partial charge in [0.15, 0.2) is 16.1 Å². The van der Waals surface area contributed by atoms with E-state index in [0.717, 1.165) is 45.6 Å². The van der Waals surface area contributed by atoms with Gasteiger partial charge in [0, 0.05) is 34.5 Å². The van der Waals surface area contributed by atoms with Crippen LogP contribution in [0.15, 0.2) is 75.2 Å². The molecule has 11 heteroatoms. The Morgan fingerprint density at radius 3 is 2.68 bits per heavy atom. The highest BCUT2D eigenvalue weighted by Gasteiger charge is 2.27. The van der Waals surface area contributed by atoms with E-state index in [0.29, 0.717) is 27.9 Å². The van der Waals surface area contributed by atoms with Crippen molar-refractivity contribution in [1.29, 1.82) is 0 Å². The van der Waals surface area contributed by atoms with E-state index in [4.69, 9.17) is 9.72 Å². The molecule has 1 aliphatic rings. The molecule has 3 N–H and O–H groups in total. The lowest BCUT2D eigenvalue weighted by Gasteiger charge is -2.15. The molecule has 0 aliphatic heterocycles. The summed E-state index contributed by atoms with van der Waals surface area (Å²) in [5, 5.41) is 6.93. The van der Waals surface area contributed by atoms with Gasteiger partial charge in [0.1, 0.15) is 5.75 Å². The van der Waals surface area contributed by atoms with Crippen LogP contribution in [0.1, 0.15) is 41.7 Å². The fourth-order valence-corrected chi connectivity index (χ4v) is 7.29. The number of ether oxygens (including phenoxy) is 1. The Kier molecular flexibility index (Phi) is 8.67. The van der Waals surface area contributed by atoms with Crippen molar-refractivity contribution < 1.29 is 14.3 Å². The number of imidazole rings is 1. The number of thioether (sulfide) groups is 1. The lowest BCUT2D eigenvalue weighted by atomic mass is 9.95. The molecule has 4 aromatic rings. The summed E-state index contributed by atoms with van der Waals surface area (Å²) in [6.07, 6.45) is 7.33. The second-order valence-electron chi connectivity index (χ2n) is 8.69. The molecule has 2 aromatic carbocycles. The average molecular weight is 566 g/mol. The zero-order chi connectivity index (χ0) is 26.3. The number of benzene rings is 2. The molecular formula is C27H27N5O3S3. The van der Waals surface area contributed by atoms with Crippen molar-refractivity contribution in [1.82, 2.24) is 15.0 Å². The SMILES string of the molecule is COc1ccc(NC(=O)Nc2nc(CSc3ccccc3)c(Sc3ncc[nH]3)s2)c(C(=O)C2CCCC2)c1. The summed E-state index contributed by atoms with van der Waals surface area (Å²) in [6, 6.07) is 14.8. The molecule has 0 radical (unpaired) electrons. The molecule has 38 heavy (non-hydrogen) atoms. The molecular weight excluding hydrogens is 539 g/mol. The third-order valence-electron chi connectivity index (χ3n) is 6.13. The predicted molar refractivity (Wildman–Crippen MR) is 153 cm³/mol. The maximum absolute atomic E-state index is 13.2. The van der Waals surface area contributed by atoms with Crippen LogP contribution in [-0.2, 0) is 5.75 Å². The number of H-pyrrole nitrogens is 1. The minimum atomic E-state index is -0.457. The van der Waals surface area contributed by atoms with Gasteiger partial charge in [-0.15, -0.1) is 11.8 Å². The molecule has 0 spiro atoms. The van der Waals surface area contributed by atoms with Crippen LogP contribution in [0.25, 0.3) is 0 Å². The van der Waals surface area contributed by atoms with Crippen LogP contribution < -0.4 is 15.4 Å². The van der Waals surface area contributed by atoms with E-state index < -0.39 is 6.03 Å². The highest BCUT2D eigenvalue weighted by molar-refractivity contribution is 8.01. The smallest absolute Gasteiger partial charge is 0.325 e. The molecule has 8 nitrogen and oxygen atoms in total. The van der Waals surface area contributed by atoms with E-state index in [2.05, 4.69) is 32.7 Å². The number of nitrogens with one attached hydrogen (secondary N) is 3. The molecule has 1 fully saturated rings. The minimum absolute atomic E-state index is 0.0180. The molecule has 1 aliphatic carbocycles. The van der Waals surface area contributed by atoms with Crippen LogP contribution in [0.2, 0.25) is 0 Å². The largest absolute Gasteiger partial charge is 0.497 e. The number of hydrogen-bond acceptors (Lipinski definition) is 8. The van der Waals surface area contributed by atoms with Gasteiger partial charge in [-0.05, 0) is 54.9 Å². The summed E-state index contributed by atoms with van der Waals surface area (Å²) >= 11 is 4.54. The monoisotopic (exact) mass is 565 g/mol. The summed E-state index contributed by atoms with van der Waals surface area (Å²) in [6.45, 7) is 0. The number of thiazole rings is 1. The Labute approximate surface area is 233 Å². The zero-order valence-electron chi connectivity index (χ0n) is 20.7. The molecule has 2 heterocycles. The van der Waals surface area contributed by atoms with Crippen molar-refractivity contribution in [2.24, 2.45) is 5.92 Å². The number of methoxy groups -OCH3 is 1. The fraction of sp³-hybridized carbons (Fsp3) is 0.259. The number of aromatic nitrogens is 3. The predicted octanol–water partition coefficient (Wildman–Crippen LogP) is 7.34. The summed E-state index contributed by atoms with van der Waals surface area (Å²) in [5.74, 6) is 1.25. The summed E-state index contributed by atoms with van der Waals surface area (Å²) in [5.41, 5.74) is 1.79. The molecule has 196 valence electrons. The third kappa shape index (κ3) is 6.58. The summed E-state index contributed by atoms with van der Waals surface area (Å²) in [4.78, 5) is 39.5. The van der Waals surface area contributed by atoms with Crippen LogP contribution in [0.3, 0.4) is 0 Å². The van der Waals surface area contributed by atoms with Crippen molar-refractivity contribution >= 4 is 57.5 Å². The highest BCUT2D eigenvalue weighted by atomic mass is 32.2. The Morgan fingerprint density at radius 2 is 1.95 bits per heavy atom. The molecule has 0 bridgehead atoms. The van der Waals surface area contributed by atoms with Gasteiger partial charge in [-0.25, -0.2) is 14.8 Å². The average Bonchev–Trinajstić information content (AvgIpc) is 3.71. The van der Waals surface area contributed by atoms with Crippen LogP contribution in [0.4, 0.5) is 15.6 Å². The molecule has 0 saturated heterocycles. The molecule has 2 aromatic heterocycles. The van der Waals surface area contributed by atoms with Gasteiger partial charge >= 0.3 is 6.03 Å². The second kappa shape index (κ2) is 12.5. The van der Waals surface area contributed by atoms with Gasteiger partial charge in [0.2, 0.25) is 0 Å². The normalized spacial score (nSPS) is 13.4. The Hall–Kier alpha value is -3.28. The maximum atomic E-state index is 13.2. The summed E-state index contributed by atoms with van der Waals surface area (Å²) < 4.78 is 6.28. The van der Waals surface area contributed by atoms with E-state index in [1.54, 1.807) is 49.5 Å². The fourth-order valence-electron chi connectivity index (χ4n) is 4.25. The first kappa shape index (κ1) is 26.3. The number of amides is 2. The van der Waals surface area contributed by atoms with Crippen LogP contribution in [-0.4, -0.2) is 33.9 Å². The lowest BCUT2D eigenvalue weighted by molar-refractivity contribution is 0.0923. The molecule has 1 saturated carbocycles. The number of carbonyl (C=O) groups is 2. The molecule has 0 atom stereocenters. The van der Waals surface area contributed by atoms with Gasteiger partial charge in [0.05, 0.1) is 22.7 Å². The van der Waals surface area contributed by atoms with E-state index in [-0.39, 0.29) is 11.7 Å². The first-order valence-corrected chi connectivity index (χ1v) is 14.9. The van der Waals surface area contributed by atoms with Crippen molar-refractivity contribution in [3.63, 3.8) is 0 Å². The first-order valence-electron chi connectivity index (χ1n) is 12.2. The number of ketones is 1. The number of rotatable bonds is 10. The quantitative estimate of drug-likeness (QED) is 0.136. The minimum Gasteiger partial charge on any atom is -0.497 e. The van der Waals surface area contributed by atoms with Crippen LogP contribution in [0.5, 0.6) is 5.75 Å². The van der Waals surface area contributed by atoms with Crippen molar-refractivity contribution in [2.45, 2.75) is 45.7 Å². The Morgan fingerprint density at radius 1 is 1.13 bits per heavy atom. The van der Waals surface area contributed by atoms with Gasteiger partial charge in [-0.3, -0.25) is 10.1 Å². The standard InChI is InChI=1S/C27H27N5O3S3/c1-35-18-11-12-21(20(15-18)23(33)17-7-5-6-8-17)30-25(34)32-27-31-22(16-36-19-9-3-2-4-10-19)24(38-27)37-26-28-13-14-29-26/h2-4,9-15,17H,5-8,16H2,1H3,(H,28,29)(H2,30,31,32,34). The Bertz CT molecular complexity index is 1390. The van der Waals surface area contributed by atoms with E-state index >= 15 is 0 Å². The number of anilines is 2. The highest BCUT2D eigenvalue weighted by Crippen LogP contribution is 2.39. The van der Waals surface area contributed by atoms with Gasteiger partial charge in [-0.1, -0.05) is 42.4 Å². The molecule has 5 rings (SSSR count). The van der Waals surface area contributed by atoms with Crippen molar-refractivity contribution in [3.8, 4) is 5.75 Å². The van der Waals surface area contributed by atoms with E-state index in [9.17, 15) is 9.59 Å². The summed E-state index contributed by atoms with van der Waals surface area (Å²) in [7, 11) is 1.56. The zero-order valence-corrected chi connectivity index (χ0v) is 23.2. The van der Waals surface area contributed by atoms with Gasteiger partial charge in [-0.2, -0.15) is 0 Å². The number of nitrogens with zero attached hydrogens (tertiary/aromatic N) is 2. The number of aromatic amines is 1. The van der Waals surface area contributed by atoms with Crippen LogP contribution in [0, 0.1) is 5.92 Å². The first-order chi connectivity index (χ1) is 18.6. The van der Waals surface area contributed by atoms with Crippen molar-refractivity contribution in [2.75, 3.05) is 17.7 Å². The lowest BCUT2D eigenvalue weighted by Crippen LogP contribution is -2.22. The maximum Gasteiger partial charge on any atom is 0.325 e. The Balaban J connectivity index is 1.32. The second-order valence-corrected chi connectivity index (χ2v) is 12.0. The number of carbonyl (C=O) groups excluding carboxylic acids is 2.